The molecule has 0 aromatic carbocycles. The number of pyridine rings is 2. The summed E-state index contributed by atoms with van der Waals surface area (Å²) in [4.78, 5) is 18.8. The Balaban J connectivity index is 2.44. The second kappa shape index (κ2) is 3.08. The molecule has 76 valence electrons. The fraction of sp³-hybridized carbons (Fsp3) is 0.273. The van der Waals surface area contributed by atoms with E-state index in [0.29, 0.717) is 12.4 Å². The molecule has 0 bridgehead atoms. The van der Waals surface area contributed by atoms with Crippen LogP contribution in [0.15, 0.2) is 23.1 Å². The maximum absolute atomic E-state index is 11.7. The van der Waals surface area contributed by atoms with Gasteiger partial charge in [0.2, 0.25) is 0 Å². The van der Waals surface area contributed by atoms with Gasteiger partial charge in [0.05, 0.1) is 17.7 Å². The maximum atomic E-state index is 11.7. The Labute approximate surface area is 85.9 Å². The smallest absolute Gasteiger partial charge is 0.255 e. The van der Waals surface area contributed by atoms with Crippen molar-refractivity contribution in [2.75, 3.05) is 6.61 Å². The number of aromatic amines is 1. The van der Waals surface area contributed by atoms with E-state index in [4.69, 9.17) is 4.74 Å². The molecule has 1 aliphatic heterocycles. The highest BCUT2D eigenvalue weighted by Crippen LogP contribution is 2.27. The first-order chi connectivity index (χ1) is 7.36. The molecule has 1 aliphatic rings. The van der Waals surface area contributed by atoms with Crippen molar-refractivity contribution in [3.05, 3.63) is 34.2 Å². The van der Waals surface area contributed by atoms with Crippen molar-refractivity contribution in [3.63, 3.8) is 0 Å². The van der Waals surface area contributed by atoms with E-state index in [2.05, 4.69) is 9.97 Å². The Bertz CT molecular complexity index is 574. The molecule has 0 radical (unpaired) electrons. The van der Waals surface area contributed by atoms with E-state index < -0.39 is 0 Å². The zero-order valence-corrected chi connectivity index (χ0v) is 8.12. The number of ether oxygens (including phenoxy) is 1. The highest BCUT2D eigenvalue weighted by molar-refractivity contribution is 5.81. The topological polar surface area (TPSA) is 55.0 Å². The van der Waals surface area contributed by atoms with Gasteiger partial charge in [-0.1, -0.05) is 0 Å². The lowest BCUT2D eigenvalue weighted by atomic mass is 10.1. The molecule has 3 heterocycles. The summed E-state index contributed by atoms with van der Waals surface area (Å²) in [6, 6.07) is 3.63. The lowest BCUT2D eigenvalue weighted by Crippen LogP contribution is -2.20. The van der Waals surface area contributed by atoms with Gasteiger partial charge in [-0.15, -0.1) is 0 Å². The summed E-state index contributed by atoms with van der Waals surface area (Å²) in [6.07, 6.45) is 3.38. The lowest BCUT2D eigenvalue weighted by molar-refractivity contribution is 0.290. The summed E-state index contributed by atoms with van der Waals surface area (Å²) in [5, 5.41) is 0. The molecule has 0 aliphatic carbocycles. The van der Waals surface area contributed by atoms with E-state index in [1.165, 1.54) is 0 Å². The van der Waals surface area contributed by atoms with Crippen molar-refractivity contribution in [3.8, 4) is 5.75 Å². The molecular weight excluding hydrogens is 192 g/mol. The number of hydrogen-bond acceptors (Lipinski definition) is 3. The summed E-state index contributed by atoms with van der Waals surface area (Å²) < 4.78 is 5.54. The van der Waals surface area contributed by atoms with Crippen LogP contribution in [0.3, 0.4) is 0 Å². The van der Waals surface area contributed by atoms with Gasteiger partial charge in [-0.3, -0.25) is 9.78 Å². The summed E-state index contributed by atoms with van der Waals surface area (Å²) in [5.41, 5.74) is 2.17. The van der Waals surface area contributed by atoms with E-state index in [9.17, 15) is 4.79 Å². The molecule has 0 atom stereocenters. The molecule has 0 saturated carbocycles. The van der Waals surface area contributed by atoms with Crippen molar-refractivity contribution in [2.45, 2.75) is 12.8 Å². The first kappa shape index (κ1) is 8.47. The van der Waals surface area contributed by atoms with Gasteiger partial charge in [0.15, 0.2) is 5.75 Å². The molecule has 0 fully saturated rings. The average Bonchev–Trinajstić information content (AvgIpc) is 2.30. The molecule has 0 unspecified atom stereocenters. The summed E-state index contributed by atoms with van der Waals surface area (Å²) >= 11 is 0. The van der Waals surface area contributed by atoms with Crippen LogP contribution < -0.4 is 10.3 Å². The molecule has 0 saturated heterocycles. The Kier molecular flexibility index (Phi) is 1.74. The standard InChI is InChI=1S/C11H10N2O2/c14-11-7-3-2-6-15-10(7)9-8(13-11)4-1-5-12-9/h1,4-5H,2-3,6H2,(H,13,14). The summed E-state index contributed by atoms with van der Waals surface area (Å²) in [5.74, 6) is 0.667. The zero-order chi connectivity index (χ0) is 10.3. The molecule has 15 heavy (non-hydrogen) atoms. The van der Waals surface area contributed by atoms with Crippen LogP contribution in [-0.2, 0) is 6.42 Å². The van der Waals surface area contributed by atoms with Crippen LogP contribution in [0, 0.1) is 0 Å². The zero-order valence-electron chi connectivity index (χ0n) is 8.12. The minimum atomic E-state index is -0.0507. The number of rotatable bonds is 0. The van der Waals surface area contributed by atoms with E-state index in [1.807, 2.05) is 6.07 Å². The van der Waals surface area contributed by atoms with E-state index in [1.54, 1.807) is 12.3 Å². The lowest BCUT2D eigenvalue weighted by Gasteiger charge is -2.17. The molecule has 2 aromatic rings. The Morgan fingerprint density at radius 2 is 2.40 bits per heavy atom. The van der Waals surface area contributed by atoms with Gasteiger partial charge in [0.1, 0.15) is 5.52 Å². The maximum Gasteiger partial charge on any atom is 0.255 e. The molecule has 0 spiro atoms. The summed E-state index contributed by atoms with van der Waals surface area (Å²) in [7, 11) is 0. The number of aromatic nitrogens is 2. The van der Waals surface area contributed by atoms with Crippen molar-refractivity contribution in [2.24, 2.45) is 0 Å². The number of nitrogens with one attached hydrogen (secondary N) is 1. The Morgan fingerprint density at radius 3 is 3.33 bits per heavy atom. The highest BCUT2D eigenvalue weighted by atomic mass is 16.5. The molecular formula is C11H10N2O2. The number of hydrogen-bond donors (Lipinski definition) is 1. The van der Waals surface area contributed by atoms with Gasteiger partial charge in [-0.25, -0.2) is 0 Å². The first-order valence-electron chi connectivity index (χ1n) is 4.99. The molecule has 2 aromatic heterocycles. The van der Waals surface area contributed by atoms with E-state index in [-0.39, 0.29) is 5.56 Å². The van der Waals surface area contributed by atoms with Crippen LogP contribution in [0.2, 0.25) is 0 Å². The quantitative estimate of drug-likeness (QED) is 0.699. The molecule has 3 rings (SSSR count). The number of H-pyrrole nitrogens is 1. The van der Waals surface area contributed by atoms with E-state index >= 15 is 0 Å². The second-order valence-corrected chi connectivity index (χ2v) is 3.61. The van der Waals surface area contributed by atoms with Crippen molar-refractivity contribution >= 4 is 11.0 Å². The average molecular weight is 202 g/mol. The fourth-order valence-corrected chi connectivity index (χ4v) is 1.94. The fourth-order valence-electron chi connectivity index (χ4n) is 1.94. The monoisotopic (exact) mass is 202 g/mol. The first-order valence-corrected chi connectivity index (χ1v) is 4.99. The molecule has 0 amide bonds. The van der Waals surface area contributed by atoms with Gasteiger partial charge >= 0.3 is 0 Å². The van der Waals surface area contributed by atoms with Crippen LogP contribution in [0.25, 0.3) is 11.0 Å². The number of nitrogens with zero attached hydrogens (tertiary/aromatic N) is 1. The van der Waals surface area contributed by atoms with Gasteiger partial charge in [0, 0.05) is 6.20 Å². The Morgan fingerprint density at radius 1 is 1.47 bits per heavy atom. The third-order valence-electron chi connectivity index (χ3n) is 2.64. The second-order valence-electron chi connectivity index (χ2n) is 3.61. The third-order valence-corrected chi connectivity index (χ3v) is 2.64. The Hall–Kier alpha value is -1.84. The molecule has 4 heteroatoms. The summed E-state index contributed by atoms with van der Waals surface area (Å²) in [6.45, 7) is 0.669. The van der Waals surface area contributed by atoms with Gasteiger partial charge in [-0.2, -0.15) is 0 Å². The minimum absolute atomic E-state index is 0.0507. The molecule has 1 N–H and O–H groups in total. The predicted octanol–water partition coefficient (Wildman–Crippen LogP) is 1.25. The van der Waals surface area contributed by atoms with Gasteiger partial charge in [0.25, 0.3) is 5.56 Å². The van der Waals surface area contributed by atoms with Crippen LogP contribution in [-0.4, -0.2) is 16.6 Å². The minimum Gasteiger partial charge on any atom is -0.491 e. The van der Waals surface area contributed by atoms with Crippen LogP contribution >= 0.6 is 0 Å². The van der Waals surface area contributed by atoms with Crippen LogP contribution in [0.4, 0.5) is 0 Å². The van der Waals surface area contributed by atoms with Crippen LogP contribution in [0.5, 0.6) is 5.75 Å². The van der Waals surface area contributed by atoms with Gasteiger partial charge < -0.3 is 9.72 Å². The van der Waals surface area contributed by atoms with Crippen molar-refractivity contribution in [1.82, 2.24) is 9.97 Å². The normalized spacial score (nSPS) is 14.7. The van der Waals surface area contributed by atoms with E-state index in [0.717, 1.165) is 29.4 Å². The third kappa shape index (κ3) is 1.21. The largest absolute Gasteiger partial charge is 0.491 e. The SMILES string of the molecule is O=c1[nH]c2cccnc2c2c1CCCO2. The molecule has 4 nitrogen and oxygen atoms in total. The number of fused-ring (bicyclic) bond motifs is 3. The highest BCUT2D eigenvalue weighted by Gasteiger charge is 2.18. The van der Waals surface area contributed by atoms with Gasteiger partial charge in [-0.05, 0) is 25.0 Å². The predicted molar refractivity (Wildman–Crippen MR) is 56.2 cm³/mol. The van der Waals surface area contributed by atoms with Crippen molar-refractivity contribution in [1.29, 1.82) is 0 Å². The van der Waals surface area contributed by atoms with Crippen LogP contribution in [0.1, 0.15) is 12.0 Å². The van der Waals surface area contributed by atoms with Crippen molar-refractivity contribution < 1.29 is 4.74 Å².